The number of carbonyl (C=O) groups excluding carboxylic acids is 2. The summed E-state index contributed by atoms with van der Waals surface area (Å²) in [4.78, 5) is 38.3. The Hall–Kier alpha value is -3.54. The maximum Gasteiger partial charge on any atom is 0.272 e. The summed E-state index contributed by atoms with van der Waals surface area (Å²) in [5.41, 5.74) is 3.02. The number of rotatable bonds is 5. The summed E-state index contributed by atoms with van der Waals surface area (Å²) in [6.07, 6.45) is 7.29. The van der Waals surface area contributed by atoms with Crippen molar-refractivity contribution >= 4 is 11.8 Å². The molecule has 0 bridgehead atoms. The van der Waals surface area contributed by atoms with Crippen molar-refractivity contribution in [3.05, 3.63) is 84.4 Å². The molecule has 6 heteroatoms. The molecule has 2 amide bonds. The molecule has 32 heavy (non-hydrogen) atoms. The highest BCUT2D eigenvalue weighted by Gasteiger charge is 2.44. The first-order valence-electron chi connectivity index (χ1n) is 10.9. The summed E-state index contributed by atoms with van der Waals surface area (Å²) in [6, 6.07) is 17.6. The van der Waals surface area contributed by atoms with Crippen LogP contribution in [0.1, 0.15) is 28.9 Å². The van der Waals surface area contributed by atoms with E-state index in [0.29, 0.717) is 25.2 Å². The van der Waals surface area contributed by atoms with Gasteiger partial charge in [0.15, 0.2) is 0 Å². The maximum atomic E-state index is 13.4. The van der Waals surface area contributed by atoms with Crippen LogP contribution in [0.5, 0.6) is 0 Å². The van der Waals surface area contributed by atoms with Crippen LogP contribution in [0.25, 0.3) is 11.1 Å². The van der Waals surface area contributed by atoms with E-state index in [4.69, 9.17) is 0 Å². The lowest BCUT2D eigenvalue weighted by Crippen LogP contribution is -2.54. The topological polar surface area (TPSA) is 66.4 Å². The Labute approximate surface area is 188 Å². The van der Waals surface area contributed by atoms with Gasteiger partial charge in [0.25, 0.3) is 5.91 Å². The number of likely N-dealkylation sites (tertiary alicyclic amines) is 1. The zero-order chi connectivity index (χ0) is 22.6. The van der Waals surface area contributed by atoms with E-state index >= 15 is 0 Å². The van der Waals surface area contributed by atoms with Gasteiger partial charge < -0.3 is 9.80 Å². The van der Waals surface area contributed by atoms with Gasteiger partial charge >= 0.3 is 0 Å². The van der Waals surface area contributed by atoms with Gasteiger partial charge in [-0.25, -0.2) is 0 Å². The summed E-state index contributed by atoms with van der Waals surface area (Å²) in [6.45, 7) is 1.02. The van der Waals surface area contributed by atoms with Crippen LogP contribution in [-0.4, -0.2) is 58.8 Å². The van der Waals surface area contributed by atoms with Crippen molar-refractivity contribution in [3.8, 4) is 11.1 Å². The quantitative estimate of drug-likeness (QED) is 0.622. The van der Waals surface area contributed by atoms with Crippen LogP contribution in [0.4, 0.5) is 0 Å². The monoisotopic (exact) mass is 428 g/mol. The Kier molecular flexibility index (Phi) is 6.30. The number of hydrogen-bond acceptors (Lipinski definition) is 4. The molecule has 0 N–H and O–H groups in total. The summed E-state index contributed by atoms with van der Waals surface area (Å²) in [5.74, 6) is -0.0582. The van der Waals surface area contributed by atoms with Gasteiger partial charge in [0, 0.05) is 45.8 Å². The first-order valence-corrected chi connectivity index (χ1v) is 10.9. The molecule has 3 aromatic rings. The van der Waals surface area contributed by atoms with Gasteiger partial charge in [0.05, 0.1) is 5.41 Å². The normalized spacial score (nSPS) is 18.2. The number of benzene rings is 1. The van der Waals surface area contributed by atoms with Crippen LogP contribution < -0.4 is 0 Å². The molecule has 1 aromatic carbocycles. The predicted octanol–water partition coefficient (Wildman–Crippen LogP) is 3.70. The largest absolute Gasteiger partial charge is 0.348 e. The molecule has 1 unspecified atom stereocenters. The molecule has 6 nitrogen and oxygen atoms in total. The number of hydrogen-bond donors (Lipinski definition) is 0. The van der Waals surface area contributed by atoms with Crippen molar-refractivity contribution in [2.45, 2.75) is 19.3 Å². The minimum Gasteiger partial charge on any atom is -0.348 e. The highest BCUT2D eigenvalue weighted by Crippen LogP contribution is 2.36. The molecule has 0 radical (unpaired) electrons. The average Bonchev–Trinajstić information content (AvgIpc) is 2.84. The van der Waals surface area contributed by atoms with Crippen molar-refractivity contribution in [1.29, 1.82) is 0 Å². The van der Waals surface area contributed by atoms with Gasteiger partial charge in [0.2, 0.25) is 5.91 Å². The standard InChI is InChI=1S/C26H28N4O2/c1-29(2)25(32)26(12-6-16-30(19-26)24(31)23-9-3-4-13-28-23)18-20-7-5-8-22(17-20)21-10-14-27-15-11-21/h3-5,7-11,13-15,17H,6,12,16,18-19H2,1-2H3. The van der Waals surface area contributed by atoms with E-state index in [0.717, 1.165) is 29.5 Å². The second-order valence-corrected chi connectivity index (χ2v) is 8.64. The maximum absolute atomic E-state index is 13.4. The third-order valence-corrected chi connectivity index (χ3v) is 6.09. The lowest BCUT2D eigenvalue weighted by molar-refractivity contribution is -0.142. The van der Waals surface area contributed by atoms with Crippen molar-refractivity contribution in [2.24, 2.45) is 5.41 Å². The van der Waals surface area contributed by atoms with Crippen LogP contribution in [0, 0.1) is 5.41 Å². The zero-order valence-corrected chi connectivity index (χ0v) is 18.6. The van der Waals surface area contributed by atoms with E-state index in [2.05, 4.69) is 28.2 Å². The summed E-state index contributed by atoms with van der Waals surface area (Å²) >= 11 is 0. The first-order chi connectivity index (χ1) is 15.5. The first kappa shape index (κ1) is 21.7. The van der Waals surface area contributed by atoms with E-state index in [1.54, 1.807) is 54.6 Å². The summed E-state index contributed by atoms with van der Waals surface area (Å²) in [5, 5.41) is 0. The van der Waals surface area contributed by atoms with Gasteiger partial charge in [-0.3, -0.25) is 19.6 Å². The molecular formula is C26H28N4O2. The molecule has 3 heterocycles. The lowest BCUT2D eigenvalue weighted by Gasteiger charge is -2.43. The van der Waals surface area contributed by atoms with Gasteiger partial charge in [-0.15, -0.1) is 0 Å². The second kappa shape index (κ2) is 9.30. The Balaban J connectivity index is 1.64. The molecule has 2 aromatic heterocycles. The Morgan fingerprint density at radius 3 is 2.53 bits per heavy atom. The lowest BCUT2D eigenvalue weighted by atomic mass is 9.73. The van der Waals surface area contributed by atoms with Crippen molar-refractivity contribution in [3.63, 3.8) is 0 Å². The smallest absolute Gasteiger partial charge is 0.272 e. The Morgan fingerprint density at radius 1 is 1.00 bits per heavy atom. The van der Waals surface area contributed by atoms with Crippen LogP contribution >= 0.6 is 0 Å². The third-order valence-electron chi connectivity index (χ3n) is 6.09. The van der Waals surface area contributed by atoms with Gasteiger partial charge in [-0.1, -0.05) is 30.3 Å². The van der Waals surface area contributed by atoms with Crippen LogP contribution in [-0.2, 0) is 11.2 Å². The molecule has 0 aliphatic carbocycles. The average molecular weight is 429 g/mol. The summed E-state index contributed by atoms with van der Waals surface area (Å²) in [7, 11) is 3.58. The number of piperidine rings is 1. The molecule has 164 valence electrons. The van der Waals surface area contributed by atoms with E-state index in [1.165, 1.54) is 0 Å². The van der Waals surface area contributed by atoms with Gasteiger partial charge in [0.1, 0.15) is 5.69 Å². The summed E-state index contributed by atoms with van der Waals surface area (Å²) < 4.78 is 0. The molecule has 4 rings (SSSR count). The SMILES string of the molecule is CN(C)C(=O)C1(Cc2cccc(-c3ccncc3)c2)CCCN(C(=O)c2ccccn2)C1. The van der Waals surface area contributed by atoms with E-state index in [-0.39, 0.29) is 11.8 Å². The molecule has 1 fully saturated rings. The number of aromatic nitrogens is 2. The molecule has 1 aliphatic heterocycles. The van der Waals surface area contributed by atoms with Crippen molar-refractivity contribution in [1.82, 2.24) is 19.8 Å². The molecule has 0 spiro atoms. The van der Waals surface area contributed by atoms with E-state index in [9.17, 15) is 9.59 Å². The highest BCUT2D eigenvalue weighted by atomic mass is 16.2. The minimum atomic E-state index is -0.664. The van der Waals surface area contributed by atoms with Gasteiger partial charge in [-0.05, 0) is 60.2 Å². The molecule has 1 saturated heterocycles. The number of amides is 2. The third kappa shape index (κ3) is 4.54. The Bertz CT molecular complexity index is 1090. The van der Waals surface area contributed by atoms with Crippen LogP contribution in [0.15, 0.2) is 73.2 Å². The fraction of sp³-hybridized carbons (Fsp3) is 0.308. The Morgan fingerprint density at radius 2 is 1.81 bits per heavy atom. The molecular weight excluding hydrogens is 400 g/mol. The minimum absolute atomic E-state index is 0.0605. The van der Waals surface area contributed by atoms with Crippen LogP contribution in [0.2, 0.25) is 0 Å². The number of nitrogens with zero attached hydrogens (tertiary/aromatic N) is 4. The van der Waals surface area contributed by atoms with Crippen molar-refractivity contribution < 1.29 is 9.59 Å². The van der Waals surface area contributed by atoms with E-state index in [1.807, 2.05) is 24.3 Å². The number of carbonyl (C=O) groups is 2. The molecule has 1 aliphatic rings. The number of pyridine rings is 2. The molecule has 0 saturated carbocycles. The fourth-order valence-electron chi connectivity index (χ4n) is 4.62. The van der Waals surface area contributed by atoms with Gasteiger partial charge in [-0.2, -0.15) is 0 Å². The van der Waals surface area contributed by atoms with E-state index < -0.39 is 5.41 Å². The molecule has 1 atom stereocenters. The fourth-order valence-corrected chi connectivity index (χ4v) is 4.62. The highest BCUT2D eigenvalue weighted by molar-refractivity contribution is 5.93. The van der Waals surface area contributed by atoms with Crippen molar-refractivity contribution in [2.75, 3.05) is 27.2 Å². The zero-order valence-electron chi connectivity index (χ0n) is 18.6. The second-order valence-electron chi connectivity index (χ2n) is 8.64. The predicted molar refractivity (Wildman–Crippen MR) is 124 cm³/mol. The van der Waals surface area contributed by atoms with Crippen LogP contribution in [0.3, 0.4) is 0 Å².